The Labute approximate surface area is 130 Å². The zero-order valence-corrected chi connectivity index (χ0v) is 12.4. The van der Waals surface area contributed by atoms with Crippen LogP contribution in [0.2, 0.25) is 0 Å². The Bertz CT molecular complexity index is 651. The van der Waals surface area contributed by atoms with Gasteiger partial charge >= 0.3 is 0 Å². The molecule has 22 heavy (non-hydrogen) atoms. The lowest BCUT2D eigenvalue weighted by molar-refractivity contribution is 0.112. The molecule has 2 aromatic rings. The first-order valence-corrected chi connectivity index (χ1v) is 7.64. The number of carbonyl (C=O) groups is 1. The molecule has 1 aliphatic carbocycles. The molecule has 0 atom stereocenters. The Hall–Kier alpha value is -2.27. The Balaban J connectivity index is 1.76. The van der Waals surface area contributed by atoms with E-state index in [9.17, 15) is 4.79 Å². The van der Waals surface area contributed by atoms with Crippen LogP contribution < -0.4 is 11.1 Å². The molecule has 0 radical (unpaired) electrons. The number of aromatic nitrogens is 2. The van der Waals surface area contributed by atoms with Gasteiger partial charge in [0.05, 0.1) is 18.1 Å². The number of nitrogens with two attached hydrogens (primary N) is 1. The minimum Gasteiger partial charge on any atom is -0.366 e. The van der Waals surface area contributed by atoms with Crippen molar-refractivity contribution in [3.05, 3.63) is 42.2 Å². The maximum absolute atomic E-state index is 10.9. The Morgan fingerprint density at radius 1 is 1.18 bits per heavy atom. The van der Waals surface area contributed by atoms with Crippen LogP contribution in [0.25, 0.3) is 11.3 Å². The molecule has 0 amide bonds. The van der Waals surface area contributed by atoms with Gasteiger partial charge in [0.1, 0.15) is 12.1 Å². The number of nitrogens with one attached hydrogen (secondary N) is 1. The first kappa shape index (κ1) is 14.7. The summed E-state index contributed by atoms with van der Waals surface area (Å²) >= 11 is 0. The van der Waals surface area contributed by atoms with E-state index in [-0.39, 0.29) is 0 Å². The lowest BCUT2D eigenvalue weighted by atomic mass is 9.92. The summed E-state index contributed by atoms with van der Waals surface area (Å²) in [7, 11) is 0. The molecule has 1 fully saturated rings. The van der Waals surface area contributed by atoms with Crippen molar-refractivity contribution < 1.29 is 4.79 Å². The van der Waals surface area contributed by atoms with Gasteiger partial charge in [0.2, 0.25) is 0 Å². The summed E-state index contributed by atoms with van der Waals surface area (Å²) in [5, 5.41) is 3.44. The standard InChI is InChI=1S/C17H20N4O/c18-14-4-6-15(7-5-14)20-17-10-19-9-16(21-17)13-3-1-2-12(8-13)11-22/h1-3,8-11,14-15H,4-7,18H2,(H,20,21). The Morgan fingerprint density at radius 2 is 2.00 bits per heavy atom. The average Bonchev–Trinajstić information content (AvgIpc) is 2.57. The zero-order valence-electron chi connectivity index (χ0n) is 12.4. The molecule has 1 aromatic carbocycles. The number of rotatable bonds is 4. The molecule has 0 saturated heterocycles. The zero-order chi connectivity index (χ0) is 15.4. The molecule has 1 saturated carbocycles. The first-order chi connectivity index (χ1) is 10.7. The predicted octanol–water partition coefficient (Wildman–Crippen LogP) is 2.64. The van der Waals surface area contributed by atoms with E-state index in [4.69, 9.17) is 5.73 Å². The van der Waals surface area contributed by atoms with Gasteiger partial charge in [0.15, 0.2) is 0 Å². The van der Waals surface area contributed by atoms with Crippen molar-refractivity contribution >= 4 is 12.1 Å². The molecule has 1 aromatic heterocycles. The quantitative estimate of drug-likeness (QED) is 0.848. The van der Waals surface area contributed by atoms with Gasteiger partial charge in [-0.3, -0.25) is 9.78 Å². The lowest BCUT2D eigenvalue weighted by Crippen LogP contribution is -2.33. The first-order valence-electron chi connectivity index (χ1n) is 7.64. The van der Waals surface area contributed by atoms with E-state index in [0.29, 0.717) is 17.6 Å². The van der Waals surface area contributed by atoms with E-state index in [1.165, 1.54) is 0 Å². The van der Waals surface area contributed by atoms with Gasteiger partial charge in [0.25, 0.3) is 0 Å². The second-order valence-electron chi connectivity index (χ2n) is 5.79. The van der Waals surface area contributed by atoms with Crippen LogP contribution in [-0.4, -0.2) is 28.3 Å². The fourth-order valence-corrected chi connectivity index (χ4v) is 2.82. The molecule has 0 spiro atoms. The topological polar surface area (TPSA) is 80.9 Å². The molecular weight excluding hydrogens is 276 g/mol. The molecule has 5 nitrogen and oxygen atoms in total. The number of carbonyl (C=O) groups excluding carboxylic acids is 1. The smallest absolute Gasteiger partial charge is 0.150 e. The van der Waals surface area contributed by atoms with Gasteiger partial charge in [-0.15, -0.1) is 0 Å². The molecule has 114 valence electrons. The summed E-state index contributed by atoms with van der Waals surface area (Å²) in [6.07, 6.45) is 8.51. The number of hydrogen-bond acceptors (Lipinski definition) is 5. The van der Waals surface area contributed by atoms with Gasteiger partial charge in [-0.2, -0.15) is 0 Å². The fourth-order valence-electron chi connectivity index (χ4n) is 2.82. The van der Waals surface area contributed by atoms with E-state index in [2.05, 4.69) is 15.3 Å². The van der Waals surface area contributed by atoms with Crippen molar-refractivity contribution in [1.82, 2.24) is 9.97 Å². The highest BCUT2D eigenvalue weighted by molar-refractivity contribution is 5.78. The van der Waals surface area contributed by atoms with Crippen LogP contribution in [0.1, 0.15) is 36.0 Å². The molecule has 5 heteroatoms. The van der Waals surface area contributed by atoms with Crippen LogP contribution in [0.3, 0.4) is 0 Å². The summed E-state index contributed by atoms with van der Waals surface area (Å²) in [5.41, 5.74) is 8.23. The summed E-state index contributed by atoms with van der Waals surface area (Å²) in [4.78, 5) is 19.8. The third-order valence-electron chi connectivity index (χ3n) is 4.08. The maximum atomic E-state index is 10.9. The SMILES string of the molecule is NC1CCC(Nc2cncc(-c3cccc(C=O)c3)n2)CC1. The van der Waals surface area contributed by atoms with Gasteiger partial charge < -0.3 is 11.1 Å². The maximum Gasteiger partial charge on any atom is 0.150 e. The summed E-state index contributed by atoms with van der Waals surface area (Å²) in [6.45, 7) is 0. The molecule has 1 aliphatic rings. The van der Waals surface area contributed by atoms with Crippen molar-refractivity contribution in [2.45, 2.75) is 37.8 Å². The van der Waals surface area contributed by atoms with Crippen molar-refractivity contribution in [2.75, 3.05) is 5.32 Å². The average molecular weight is 296 g/mol. The van der Waals surface area contributed by atoms with E-state index >= 15 is 0 Å². The van der Waals surface area contributed by atoms with Crippen LogP contribution >= 0.6 is 0 Å². The summed E-state index contributed by atoms with van der Waals surface area (Å²) in [5.74, 6) is 0.773. The second kappa shape index (κ2) is 6.66. The summed E-state index contributed by atoms with van der Waals surface area (Å²) < 4.78 is 0. The second-order valence-corrected chi connectivity index (χ2v) is 5.79. The minimum absolute atomic E-state index is 0.335. The molecule has 0 bridgehead atoms. The highest BCUT2D eigenvalue weighted by atomic mass is 16.1. The molecule has 3 rings (SSSR count). The lowest BCUT2D eigenvalue weighted by Gasteiger charge is -2.27. The van der Waals surface area contributed by atoms with E-state index in [1.54, 1.807) is 18.5 Å². The monoisotopic (exact) mass is 296 g/mol. The van der Waals surface area contributed by atoms with Crippen molar-refractivity contribution in [3.63, 3.8) is 0 Å². The number of anilines is 1. The van der Waals surface area contributed by atoms with Gasteiger partial charge in [-0.1, -0.05) is 18.2 Å². The van der Waals surface area contributed by atoms with Gasteiger partial charge in [0, 0.05) is 23.2 Å². The van der Waals surface area contributed by atoms with Crippen molar-refractivity contribution in [1.29, 1.82) is 0 Å². The third-order valence-corrected chi connectivity index (χ3v) is 4.08. The van der Waals surface area contributed by atoms with Crippen LogP contribution in [0.5, 0.6) is 0 Å². The van der Waals surface area contributed by atoms with Gasteiger partial charge in [-0.05, 0) is 31.7 Å². The fraction of sp³-hybridized carbons (Fsp3) is 0.353. The van der Waals surface area contributed by atoms with Crippen LogP contribution in [0, 0.1) is 0 Å². The minimum atomic E-state index is 0.335. The molecular formula is C17H20N4O. The van der Waals surface area contributed by atoms with E-state index < -0.39 is 0 Å². The van der Waals surface area contributed by atoms with Gasteiger partial charge in [-0.25, -0.2) is 4.98 Å². The molecule has 3 N–H and O–H groups in total. The Morgan fingerprint density at radius 3 is 2.77 bits per heavy atom. The molecule has 0 aliphatic heterocycles. The Kier molecular flexibility index (Phi) is 4.44. The number of nitrogens with zero attached hydrogens (tertiary/aromatic N) is 2. The predicted molar refractivity (Wildman–Crippen MR) is 86.7 cm³/mol. The highest BCUT2D eigenvalue weighted by Crippen LogP contribution is 2.22. The van der Waals surface area contributed by atoms with Crippen LogP contribution in [0.15, 0.2) is 36.7 Å². The normalized spacial score (nSPS) is 21.3. The molecule has 1 heterocycles. The number of benzene rings is 1. The largest absolute Gasteiger partial charge is 0.366 e. The molecule has 0 unspecified atom stereocenters. The van der Waals surface area contributed by atoms with Crippen LogP contribution in [-0.2, 0) is 0 Å². The van der Waals surface area contributed by atoms with E-state index in [1.807, 2.05) is 18.2 Å². The van der Waals surface area contributed by atoms with Crippen molar-refractivity contribution in [2.24, 2.45) is 5.73 Å². The summed E-state index contributed by atoms with van der Waals surface area (Å²) in [6, 6.07) is 8.12. The van der Waals surface area contributed by atoms with Crippen molar-refractivity contribution in [3.8, 4) is 11.3 Å². The third kappa shape index (κ3) is 3.49. The highest BCUT2D eigenvalue weighted by Gasteiger charge is 2.18. The van der Waals surface area contributed by atoms with Crippen LogP contribution in [0.4, 0.5) is 5.82 Å². The number of aldehydes is 1. The number of hydrogen-bond donors (Lipinski definition) is 2. The van der Waals surface area contributed by atoms with E-state index in [0.717, 1.165) is 49.0 Å².